The maximum atomic E-state index is 12.1. The van der Waals surface area contributed by atoms with Gasteiger partial charge in [-0.3, -0.25) is 9.69 Å². The van der Waals surface area contributed by atoms with Crippen LogP contribution in [-0.4, -0.2) is 31.2 Å². The molecule has 6 heteroatoms. The van der Waals surface area contributed by atoms with E-state index in [1.165, 1.54) is 0 Å². The molecule has 1 aliphatic heterocycles. The van der Waals surface area contributed by atoms with Gasteiger partial charge in [0.2, 0.25) is 5.91 Å². The van der Waals surface area contributed by atoms with Gasteiger partial charge in [0.15, 0.2) is 0 Å². The Morgan fingerprint density at radius 2 is 2.04 bits per heavy atom. The molecule has 1 unspecified atom stereocenters. The number of carbonyl (C=O) groups is 2. The summed E-state index contributed by atoms with van der Waals surface area (Å²) in [6.45, 7) is 8.09. The van der Waals surface area contributed by atoms with E-state index < -0.39 is 0 Å². The fraction of sp³-hybridized carbons (Fsp3) is 0.500. The molecular formula is C18H19N3O3. The van der Waals surface area contributed by atoms with Crippen molar-refractivity contribution in [2.75, 3.05) is 18.0 Å². The lowest BCUT2D eigenvalue weighted by molar-refractivity contribution is -0.122. The molecule has 24 heavy (non-hydrogen) atoms. The van der Waals surface area contributed by atoms with Crippen LogP contribution in [0.2, 0.25) is 0 Å². The maximum absolute atomic E-state index is 12.1. The normalized spacial score (nSPS) is 24.2. The van der Waals surface area contributed by atoms with Crippen LogP contribution in [0.15, 0.2) is 24.3 Å². The molecule has 1 aromatic rings. The van der Waals surface area contributed by atoms with Gasteiger partial charge in [-0.1, -0.05) is 0 Å². The van der Waals surface area contributed by atoms with Crippen molar-refractivity contribution in [2.24, 2.45) is 5.92 Å². The molecule has 0 bridgehead atoms. The van der Waals surface area contributed by atoms with Crippen LogP contribution < -0.4 is 10.2 Å². The molecule has 3 fully saturated rings. The number of nitrogens with one attached hydrogen (secondary N) is 1. The average Bonchev–Trinajstić information content (AvgIpc) is 3.51. The van der Waals surface area contributed by atoms with Crippen LogP contribution in [0.4, 0.5) is 10.5 Å². The summed E-state index contributed by atoms with van der Waals surface area (Å²) in [6, 6.07) is 7.59. The minimum absolute atomic E-state index is 0.0581. The molecule has 2 amide bonds. The lowest BCUT2D eigenvalue weighted by Gasteiger charge is -2.14. The highest BCUT2D eigenvalue weighted by molar-refractivity contribution is 5.90. The molecule has 0 radical (unpaired) electrons. The minimum Gasteiger partial charge on any atom is -0.442 e. The zero-order valence-corrected chi connectivity index (χ0v) is 13.3. The Morgan fingerprint density at radius 3 is 2.62 bits per heavy atom. The van der Waals surface area contributed by atoms with Crippen molar-refractivity contribution < 1.29 is 14.3 Å². The van der Waals surface area contributed by atoms with Gasteiger partial charge in [-0.25, -0.2) is 11.4 Å². The van der Waals surface area contributed by atoms with E-state index in [4.69, 9.17) is 11.3 Å². The lowest BCUT2D eigenvalue weighted by atomic mass is 10.1. The van der Waals surface area contributed by atoms with Crippen LogP contribution in [0, 0.1) is 12.5 Å². The summed E-state index contributed by atoms with van der Waals surface area (Å²) in [7, 11) is 0. The van der Waals surface area contributed by atoms with Crippen LogP contribution in [0.1, 0.15) is 31.2 Å². The Morgan fingerprint density at radius 1 is 1.33 bits per heavy atom. The van der Waals surface area contributed by atoms with Crippen LogP contribution >= 0.6 is 0 Å². The standard InChI is InChI=1S/C18H19N3O3/c1-19-18(8-9-18)13-4-6-14(7-5-13)21-11-15(24-17(21)23)10-20-16(22)12-2-3-12/h4-7,12,15H,2-3,8-11H2,(H,20,22). The van der Waals surface area contributed by atoms with Crippen molar-refractivity contribution in [3.8, 4) is 0 Å². The van der Waals surface area contributed by atoms with Gasteiger partial charge in [-0.15, -0.1) is 0 Å². The molecule has 2 aliphatic carbocycles. The van der Waals surface area contributed by atoms with Crippen molar-refractivity contribution in [1.29, 1.82) is 0 Å². The fourth-order valence-corrected chi connectivity index (χ4v) is 3.08. The number of hydrogen-bond donors (Lipinski definition) is 1. The molecule has 6 nitrogen and oxygen atoms in total. The predicted octanol–water partition coefficient (Wildman–Crippen LogP) is 2.45. The first kappa shape index (κ1) is 15.0. The second kappa shape index (κ2) is 5.52. The molecule has 1 N–H and O–H groups in total. The third kappa shape index (κ3) is 2.71. The van der Waals surface area contributed by atoms with E-state index in [2.05, 4.69) is 10.2 Å². The summed E-state index contributed by atoms with van der Waals surface area (Å²) in [6.07, 6.45) is 3.02. The maximum Gasteiger partial charge on any atom is 0.414 e. The Balaban J connectivity index is 1.38. The Kier molecular flexibility index (Phi) is 3.45. The van der Waals surface area contributed by atoms with Gasteiger partial charge in [0.05, 0.1) is 13.1 Å². The van der Waals surface area contributed by atoms with Crippen molar-refractivity contribution in [1.82, 2.24) is 5.32 Å². The summed E-state index contributed by atoms with van der Waals surface area (Å²) >= 11 is 0. The summed E-state index contributed by atoms with van der Waals surface area (Å²) in [4.78, 5) is 29.0. The van der Waals surface area contributed by atoms with Gasteiger partial charge in [0.25, 0.3) is 5.54 Å². The number of cyclic esters (lactones) is 1. The van der Waals surface area contributed by atoms with E-state index in [1.54, 1.807) is 4.90 Å². The first-order chi connectivity index (χ1) is 11.6. The zero-order chi connectivity index (χ0) is 16.7. The molecule has 0 aromatic heterocycles. The van der Waals surface area contributed by atoms with Gasteiger partial charge >= 0.3 is 6.09 Å². The molecule has 1 heterocycles. The topological polar surface area (TPSA) is 63.0 Å². The van der Waals surface area contributed by atoms with E-state index in [-0.39, 0.29) is 29.6 Å². The Hall–Kier alpha value is -2.55. The predicted molar refractivity (Wildman–Crippen MR) is 87.3 cm³/mol. The lowest BCUT2D eigenvalue weighted by Crippen LogP contribution is -2.35. The molecule has 124 valence electrons. The van der Waals surface area contributed by atoms with Gasteiger partial charge in [-0.2, -0.15) is 0 Å². The Bertz CT molecular complexity index is 714. The summed E-state index contributed by atoms with van der Waals surface area (Å²) in [5.74, 6) is 0.214. The van der Waals surface area contributed by atoms with Gasteiger partial charge in [0.1, 0.15) is 6.10 Å². The van der Waals surface area contributed by atoms with E-state index in [1.807, 2.05) is 24.3 Å². The van der Waals surface area contributed by atoms with E-state index in [0.29, 0.717) is 13.1 Å². The van der Waals surface area contributed by atoms with Crippen LogP contribution in [0.5, 0.6) is 0 Å². The SMILES string of the molecule is [C-]#[N+]C1(c2ccc(N3CC(CNC(=O)C4CC4)OC3=O)cc2)CC1. The average molecular weight is 325 g/mol. The smallest absolute Gasteiger partial charge is 0.414 e. The summed E-state index contributed by atoms with van der Waals surface area (Å²) in [5, 5.41) is 2.85. The van der Waals surface area contributed by atoms with Gasteiger partial charge in [0, 0.05) is 30.0 Å². The van der Waals surface area contributed by atoms with Crippen LogP contribution in [0.3, 0.4) is 0 Å². The summed E-state index contributed by atoms with van der Waals surface area (Å²) in [5.41, 5.74) is 1.45. The van der Waals surface area contributed by atoms with Crippen molar-refractivity contribution in [3.05, 3.63) is 41.2 Å². The van der Waals surface area contributed by atoms with Crippen LogP contribution in [0.25, 0.3) is 4.85 Å². The number of hydrogen-bond acceptors (Lipinski definition) is 3. The fourth-order valence-electron chi connectivity index (χ4n) is 3.08. The zero-order valence-electron chi connectivity index (χ0n) is 13.3. The van der Waals surface area contributed by atoms with Crippen molar-refractivity contribution in [2.45, 2.75) is 37.3 Å². The number of rotatable bonds is 5. The second-order valence-corrected chi connectivity index (χ2v) is 6.83. The first-order valence-corrected chi connectivity index (χ1v) is 8.36. The molecule has 1 aromatic carbocycles. The van der Waals surface area contributed by atoms with Gasteiger partial charge < -0.3 is 14.9 Å². The molecular weight excluding hydrogens is 306 g/mol. The number of anilines is 1. The second-order valence-electron chi connectivity index (χ2n) is 6.83. The third-order valence-electron chi connectivity index (χ3n) is 4.98. The molecule has 0 spiro atoms. The highest BCUT2D eigenvalue weighted by Gasteiger charge is 2.52. The molecule has 1 atom stereocenters. The number of amides is 2. The largest absolute Gasteiger partial charge is 0.442 e. The highest BCUT2D eigenvalue weighted by Crippen LogP contribution is 2.49. The minimum atomic E-state index is -0.389. The van der Waals surface area contributed by atoms with Gasteiger partial charge in [-0.05, 0) is 37.1 Å². The first-order valence-electron chi connectivity index (χ1n) is 8.36. The van der Waals surface area contributed by atoms with Crippen molar-refractivity contribution in [3.63, 3.8) is 0 Å². The molecule has 4 rings (SSSR count). The van der Waals surface area contributed by atoms with Crippen LogP contribution in [-0.2, 0) is 15.1 Å². The third-order valence-corrected chi connectivity index (χ3v) is 4.98. The molecule has 1 saturated heterocycles. The highest BCUT2D eigenvalue weighted by atomic mass is 16.6. The van der Waals surface area contributed by atoms with E-state index in [0.717, 1.165) is 36.9 Å². The molecule has 3 aliphatic rings. The number of benzene rings is 1. The number of ether oxygens (including phenoxy) is 1. The monoisotopic (exact) mass is 325 g/mol. The number of nitrogens with zero attached hydrogens (tertiary/aromatic N) is 2. The van der Waals surface area contributed by atoms with E-state index >= 15 is 0 Å². The quantitative estimate of drug-likeness (QED) is 0.846. The number of carbonyl (C=O) groups excluding carboxylic acids is 2. The Labute approximate surface area is 140 Å². The van der Waals surface area contributed by atoms with Crippen molar-refractivity contribution >= 4 is 17.7 Å². The van der Waals surface area contributed by atoms with E-state index in [9.17, 15) is 9.59 Å². The summed E-state index contributed by atoms with van der Waals surface area (Å²) < 4.78 is 5.33. The molecule has 2 saturated carbocycles.